The van der Waals surface area contributed by atoms with Crippen LogP contribution in [0.15, 0.2) is 18.2 Å². The molecule has 0 unspecified atom stereocenters. The molecule has 0 radical (unpaired) electrons. The van der Waals surface area contributed by atoms with Crippen molar-refractivity contribution < 1.29 is 9.47 Å². The van der Waals surface area contributed by atoms with Crippen LogP contribution in [0.4, 0.5) is 0 Å². The molecule has 2 heteroatoms. The van der Waals surface area contributed by atoms with Crippen LogP contribution in [0, 0.1) is 12.3 Å². The minimum atomic E-state index is 0.691. The zero-order chi connectivity index (χ0) is 10.4. The van der Waals surface area contributed by atoms with E-state index in [2.05, 4.69) is 5.92 Å². The highest BCUT2D eigenvalue weighted by molar-refractivity contribution is 5.45. The Kier molecular flexibility index (Phi) is 3.87. The third-order valence-electron chi connectivity index (χ3n) is 2.05. The van der Waals surface area contributed by atoms with Crippen molar-refractivity contribution >= 4 is 0 Å². The van der Waals surface area contributed by atoms with Crippen molar-refractivity contribution in [3.8, 4) is 23.8 Å². The molecule has 0 amide bonds. The fourth-order valence-electron chi connectivity index (χ4n) is 1.37. The third-order valence-corrected chi connectivity index (χ3v) is 2.05. The molecular weight excluding hydrogens is 176 g/mol. The molecule has 0 fully saturated rings. The number of methoxy groups -OCH3 is 2. The monoisotopic (exact) mass is 190 g/mol. The van der Waals surface area contributed by atoms with E-state index < -0.39 is 0 Å². The van der Waals surface area contributed by atoms with Crippen molar-refractivity contribution in [2.75, 3.05) is 14.2 Å². The predicted octanol–water partition coefficient (Wildman–Crippen LogP) is 2.27. The minimum absolute atomic E-state index is 0.691. The Morgan fingerprint density at radius 1 is 1.21 bits per heavy atom. The van der Waals surface area contributed by atoms with Crippen molar-refractivity contribution in [1.82, 2.24) is 0 Å². The maximum atomic E-state index is 5.24. The molecule has 2 nitrogen and oxygen atoms in total. The lowest BCUT2D eigenvalue weighted by Crippen LogP contribution is -1.96. The molecule has 14 heavy (non-hydrogen) atoms. The SMILES string of the molecule is C#CCCc1c(OC)cccc1OC. The Hall–Kier alpha value is -1.62. The van der Waals surface area contributed by atoms with E-state index in [1.54, 1.807) is 14.2 Å². The fraction of sp³-hybridized carbons (Fsp3) is 0.333. The molecule has 1 rings (SSSR count). The molecule has 0 atom stereocenters. The van der Waals surface area contributed by atoms with Gasteiger partial charge in [-0.05, 0) is 18.6 Å². The van der Waals surface area contributed by atoms with Gasteiger partial charge < -0.3 is 9.47 Å². The highest BCUT2D eigenvalue weighted by Crippen LogP contribution is 2.29. The average Bonchev–Trinajstić information content (AvgIpc) is 2.25. The summed E-state index contributed by atoms with van der Waals surface area (Å²) in [7, 11) is 3.29. The zero-order valence-electron chi connectivity index (χ0n) is 8.54. The highest BCUT2D eigenvalue weighted by Gasteiger charge is 2.07. The second-order valence-corrected chi connectivity index (χ2v) is 2.85. The first kappa shape index (κ1) is 10.5. The molecule has 0 saturated heterocycles. The maximum Gasteiger partial charge on any atom is 0.125 e. The Labute approximate surface area is 84.8 Å². The van der Waals surface area contributed by atoms with Crippen LogP contribution in [0.1, 0.15) is 12.0 Å². The largest absolute Gasteiger partial charge is 0.496 e. The van der Waals surface area contributed by atoms with E-state index in [1.807, 2.05) is 18.2 Å². The number of terminal acetylenes is 1. The lowest BCUT2D eigenvalue weighted by Gasteiger charge is -2.11. The number of rotatable bonds is 4. The maximum absolute atomic E-state index is 5.24. The quantitative estimate of drug-likeness (QED) is 0.678. The summed E-state index contributed by atoms with van der Waals surface area (Å²) >= 11 is 0. The van der Waals surface area contributed by atoms with Crippen LogP contribution in [0.3, 0.4) is 0 Å². The van der Waals surface area contributed by atoms with Crippen LogP contribution in [0.2, 0.25) is 0 Å². The molecule has 0 saturated carbocycles. The highest BCUT2D eigenvalue weighted by atomic mass is 16.5. The molecule has 0 N–H and O–H groups in total. The van der Waals surface area contributed by atoms with E-state index in [0.29, 0.717) is 6.42 Å². The molecule has 0 aromatic heterocycles. The lowest BCUT2D eigenvalue weighted by atomic mass is 10.1. The summed E-state index contributed by atoms with van der Waals surface area (Å²) in [5.41, 5.74) is 1.04. The summed E-state index contributed by atoms with van der Waals surface area (Å²) in [5.74, 6) is 4.27. The molecule has 0 spiro atoms. The first-order valence-corrected chi connectivity index (χ1v) is 4.46. The smallest absolute Gasteiger partial charge is 0.125 e. The molecule has 0 bridgehead atoms. The number of hydrogen-bond donors (Lipinski definition) is 0. The Morgan fingerprint density at radius 3 is 2.21 bits per heavy atom. The van der Waals surface area contributed by atoms with Crippen molar-refractivity contribution in [2.24, 2.45) is 0 Å². The van der Waals surface area contributed by atoms with Crippen LogP contribution in [-0.2, 0) is 6.42 Å². The summed E-state index contributed by atoms with van der Waals surface area (Å²) in [5, 5.41) is 0. The van der Waals surface area contributed by atoms with Gasteiger partial charge in [0.2, 0.25) is 0 Å². The molecular formula is C12H14O2. The van der Waals surface area contributed by atoms with Crippen molar-refractivity contribution in [1.29, 1.82) is 0 Å². The van der Waals surface area contributed by atoms with Crippen LogP contribution >= 0.6 is 0 Å². The van der Waals surface area contributed by atoms with Gasteiger partial charge in [0.15, 0.2) is 0 Å². The summed E-state index contributed by atoms with van der Waals surface area (Å²) in [6, 6.07) is 5.72. The fourth-order valence-corrected chi connectivity index (χ4v) is 1.37. The zero-order valence-corrected chi connectivity index (χ0v) is 8.54. The lowest BCUT2D eigenvalue weighted by molar-refractivity contribution is 0.385. The average molecular weight is 190 g/mol. The number of benzene rings is 1. The standard InChI is InChI=1S/C12H14O2/c1-4-5-7-10-11(13-2)8-6-9-12(10)14-3/h1,6,8-9H,5,7H2,2-3H3. The van der Waals surface area contributed by atoms with Gasteiger partial charge in [-0.15, -0.1) is 12.3 Å². The van der Waals surface area contributed by atoms with Gasteiger partial charge in [0, 0.05) is 12.0 Å². The predicted molar refractivity (Wildman–Crippen MR) is 56.7 cm³/mol. The first-order chi connectivity index (χ1) is 6.83. The third kappa shape index (κ3) is 2.20. The van der Waals surface area contributed by atoms with E-state index in [0.717, 1.165) is 23.5 Å². The van der Waals surface area contributed by atoms with E-state index in [1.165, 1.54) is 0 Å². The molecule has 1 aromatic rings. The van der Waals surface area contributed by atoms with E-state index in [4.69, 9.17) is 15.9 Å². The van der Waals surface area contributed by atoms with Gasteiger partial charge in [0.05, 0.1) is 14.2 Å². The summed E-state index contributed by atoms with van der Waals surface area (Å²) < 4.78 is 10.5. The molecule has 0 aliphatic rings. The Morgan fingerprint density at radius 2 is 1.79 bits per heavy atom. The summed E-state index contributed by atoms with van der Waals surface area (Å²) in [6.45, 7) is 0. The van der Waals surface area contributed by atoms with Gasteiger partial charge >= 0.3 is 0 Å². The van der Waals surface area contributed by atoms with Gasteiger partial charge in [-0.3, -0.25) is 0 Å². The van der Waals surface area contributed by atoms with Gasteiger partial charge in [0.25, 0.3) is 0 Å². The van der Waals surface area contributed by atoms with Crippen molar-refractivity contribution in [3.05, 3.63) is 23.8 Å². The van der Waals surface area contributed by atoms with Crippen molar-refractivity contribution in [3.63, 3.8) is 0 Å². The second kappa shape index (κ2) is 5.18. The van der Waals surface area contributed by atoms with Gasteiger partial charge in [-0.1, -0.05) is 6.07 Å². The normalized spacial score (nSPS) is 9.21. The van der Waals surface area contributed by atoms with Crippen LogP contribution in [0.25, 0.3) is 0 Å². The Bertz CT molecular complexity index is 314. The topological polar surface area (TPSA) is 18.5 Å². The molecule has 1 aromatic carbocycles. The molecule has 0 heterocycles. The van der Waals surface area contributed by atoms with E-state index in [9.17, 15) is 0 Å². The number of ether oxygens (including phenoxy) is 2. The first-order valence-electron chi connectivity index (χ1n) is 4.46. The van der Waals surface area contributed by atoms with Crippen LogP contribution < -0.4 is 9.47 Å². The molecule has 0 aliphatic carbocycles. The molecule has 74 valence electrons. The Balaban J connectivity index is 3.00. The van der Waals surface area contributed by atoms with Crippen LogP contribution in [0.5, 0.6) is 11.5 Å². The van der Waals surface area contributed by atoms with E-state index >= 15 is 0 Å². The van der Waals surface area contributed by atoms with Gasteiger partial charge in [0.1, 0.15) is 11.5 Å². The van der Waals surface area contributed by atoms with Gasteiger partial charge in [-0.2, -0.15) is 0 Å². The number of hydrogen-bond acceptors (Lipinski definition) is 2. The minimum Gasteiger partial charge on any atom is -0.496 e. The molecule has 0 aliphatic heterocycles. The van der Waals surface area contributed by atoms with Crippen molar-refractivity contribution in [2.45, 2.75) is 12.8 Å². The van der Waals surface area contributed by atoms with Crippen LogP contribution in [-0.4, -0.2) is 14.2 Å². The summed E-state index contributed by atoms with van der Waals surface area (Å²) in [6.07, 6.45) is 6.70. The van der Waals surface area contributed by atoms with Gasteiger partial charge in [-0.25, -0.2) is 0 Å². The second-order valence-electron chi connectivity index (χ2n) is 2.85. The van der Waals surface area contributed by atoms with E-state index in [-0.39, 0.29) is 0 Å². The summed E-state index contributed by atoms with van der Waals surface area (Å²) in [4.78, 5) is 0.